The molecule has 0 fully saturated rings. The van der Waals surface area contributed by atoms with Gasteiger partial charge in [0.25, 0.3) is 5.69 Å². The molecule has 0 spiro atoms. The summed E-state index contributed by atoms with van der Waals surface area (Å²) in [6.45, 7) is 3.64. The Bertz CT molecular complexity index is 1040. The number of benzene rings is 1. The molecule has 1 N–H and O–H groups in total. The highest BCUT2D eigenvalue weighted by molar-refractivity contribution is 9.10. The van der Waals surface area contributed by atoms with Gasteiger partial charge in [-0.15, -0.1) is 0 Å². The third-order valence-corrected chi connectivity index (χ3v) is 4.99. The first kappa shape index (κ1) is 19.5. The maximum atomic E-state index is 12.4. The second kappa shape index (κ2) is 8.17. The van der Waals surface area contributed by atoms with Crippen LogP contribution in [-0.4, -0.2) is 25.6 Å². The molecule has 1 aromatic carbocycles. The van der Waals surface area contributed by atoms with Crippen LogP contribution in [0.5, 0.6) is 11.5 Å². The van der Waals surface area contributed by atoms with E-state index in [9.17, 15) is 14.9 Å². The van der Waals surface area contributed by atoms with Crippen molar-refractivity contribution in [2.75, 3.05) is 5.32 Å². The van der Waals surface area contributed by atoms with Gasteiger partial charge in [0.05, 0.1) is 38.7 Å². The van der Waals surface area contributed by atoms with Crippen LogP contribution in [0.15, 0.2) is 47.2 Å². The molecule has 9 nitrogen and oxygen atoms in total. The van der Waals surface area contributed by atoms with Crippen LogP contribution in [0.1, 0.15) is 11.4 Å². The number of hydrogen-bond donors (Lipinski definition) is 1. The maximum absolute atomic E-state index is 12.4. The number of nitro benzene ring substituents is 1. The van der Waals surface area contributed by atoms with E-state index < -0.39 is 4.92 Å². The first-order valence-corrected chi connectivity index (χ1v) is 8.99. The van der Waals surface area contributed by atoms with Crippen molar-refractivity contribution in [1.29, 1.82) is 0 Å². The van der Waals surface area contributed by atoms with E-state index in [4.69, 9.17) is 4.74 Å². The molecule has 3 rings (SSSR count). The lowest BCUT2D eigenvalue weighted by Crippen LogP contribution is -2.20. The van der Waals surface area contributed by atoms with Crippen molar-refractivity contribution in [1.82, 2.24) is 14.8 Å². The number of nitrogens with zero attached hydrogens (tertiary/aromatic N) is 4. The third kappa shape index (κ3) is 4.52. The van der Waals surface area contributed by atoms with Crippen molar-refractivity contribution < 1.29 is 14.5 Å². The number of anilines is 1. The fourth-order valence-corrected chi connectivity index (χ4v) is 2.81. The molecule has 1 amide bonds. The molecule has 0 saturated heterocycles. The van der Waals surface area contributed by atoms with Crippen LogP contribution in [0.3, 0.4) is 0 Å². The normalized spacial score (nSPS) is 10.5. The van der Waals surface area contributed by atoms with Gasteiger partial charge in [-0.1, -0.05) is 0 Å². The second-order valence-corrected chi connectivity index (χ2v) is 6.75. The molecule has 0 unspecified atom stereocenters. The largest absolute Gasteiger partial charge is 0.455 e. The maximum Gasteiger partial charge on any atom is 0.275 e. The Morgan fingerprint density at radius 3 is 2.71 bits per heavy atom. The number of nitro groups is 1. The summed E-state index contributed by atoms with van der Waals surface area (Å²) in [5.41, 5.74) is 1.63. The average Bonchev–Trinajstić information content (AvgIpc) is 2.89. The molecule has 28 heavy (non-hydrogen) atoms. The highest BCUT2D eigenvalue weighted by Crippen LogP contribution is 2.29. The summed E-state index contributed by atoms with van der Waals surface area (Å²) in [7, 11) is 0. The molecule has 144 valence electrons. The summed E-state index contributed by atoms with van der Waals surface area (Å²) in [4.78, 5) is 27.0. The minimum absolute atomic E-state index is 0.0280. The van der Waals surface area contributed by atoms with E-state index >= 15 is 0 Å². The molecule has 2 aromatic heterocycles. The smallest absolute Gasteiger partial charge is 0.275 e. The number of halogens is 1. The summed E-state index contributed by atoms with van der Waals surface area (Å²) in [6, 6.07) is 7.41. The zero-order chi connectivity index (χ0) is 20.3. The van der Waals surface area contributed by atoms with Crippen LogP contribution in [0, 0.1) is 24.0 Å². The van der Waals surface area contributed by atoms with E-state index in [1.54, 1.807) is 23.0 Å². The van der Waals surface area contributed by atoms with E-state index in [0.717, 1.165) is 15.9 Å². The van der Waals surface area contributed by atoms with Crippen molar-refractivity contribution in [2.24, 2.45) is 0 Å². The van der Waals surface area contributed by atoms with Gasteiger partial charge in [-0.3, -0.25) is 24.6 Å². The second-order valence-electron chi connectivity index (χ2n) is 5.95. The van der Waals surface area contributed by atoms with Crippen molar-refractivity contribution in [3.05, 3.63) is 68.7 Å². The van der Waals surface area contributed by atoms with E-state index in [1.807, 2.05) is 13.8 Å². The summed E-state index contributed by atoms with van der Waals surface area (Å²) >= 11 is 3.41. The zero-order valence-corrected chi connectivity index (χ0v) is 16.6. The Hall–Kier alpha value is -3.27. The van der Waals surface area contributed by atoms with Gasteiger partial charge in [0.15, 0.2) is 0 Å². The number of carbonyl (C=O) groups is 1. The molecule has 0 aliphatic rings. The summed E-state index contributed by atoms with van der Waals surface area (Å²) in [6.07, 6.45) is 3.07. The number of ether oxygens (including phenoxy) is 1. The quantitative estimate of drug-likeness (QED) is 0.453. The molecule has 0 saturated carbocycles. The number of nitrogens with one attached hydrogen (secondary N) is 1. The molecule has 3 aromatic rings. The number of carbonyl (C=O) groups excluding carboxylic acids is 1. The number of hydrogen-bond acceptors (Lipinski definition) is 6. The number of rotatable bonds is 6. The topological polar surface area (TPSA) is 112 Å². The lowest BCUT2D eigenvalue weighted by atomic mass is 10.2. The van der Waals surface area contributed by atoms with Crippen LogP contribution < -0.4 is 10.1 Å². The molecule has 2 heterocycles. The molecule has 0 bridgehead atoms. The van der Waals surface area contributed by atoms with Crippen molar-refractivity contribution in [3.63, 3.8) is 0 Å². The van der Waals surface area contributed by atoms with E-state index in [-0.39, 0.29) is 29.6 Å². The monoisotopic (exact) mass is 445 g/mol. The lowest BCUT2D eigenvalue weighted by molar-refractivity contribution is -0.384. The predicted octanol–water partition coefficient (Wildman–Crippen LogP) is 4.00. The Morgan fingerprint density at radius 1 is 1.32 bits per heavy atom. The van der Waals surface area contributed by atoms with E-state index in [1.165, 1.54) is 24.4 Å². The van der Waals surface area contributed by atoms with Crippen LogP contribution >= 0.6 is 15.9 Å². The van der Waals surface area contributed by atoms with Gasteiger partial charge in [0.2, 0.25) is 5.91 Å². The minimum Gasteiger partial charge on any atom is -0.455 e. The van der Waals surface area contributed by atoms with Gasteiger partial charge < -0.3 is 10.1 Å². The number of pyridine rings is 1. The number of non-ortho nitro benzene ring substituents is 1. The van der Waals surface area contributed by atoms with Gasteiger partial charge in [-0.05, 0) is 41.9 Å². The van der Waals surface area contributed by atoms with E-state index in [0.29, 0.717) is 5.75 Å². The lowest BCUT2D eigenvalue weighted by Gasteiger charge is -2.10. The Morgan fingerprint density at radius 2 is 2.11 bits per heavy atom. The molecule has 0 atom stereocenters. The fourth-order valence-electron chi connectivity index (χ4n) is 2.53. The number of amides is 1. The van der Waals surface area contributed by atoms with Crippen LogP contribution in [0.4, 0.5) is 11.4 Å². The van der Waals surface area contributed by atoms with E-state index in [2.05, 4.69) is 31.3 Å². The van der Waals surface area contributed by atoms with Gasteiger partial charge in [-0.25, -0.2) is 0 Å². The zero-order valence-electron chi connectivity index (χ0n) is 15.0. The number of aromatic nitrogens is 3. The molecular weight excluding hydrogens is 430 g/mol. The minimum atomic E-state index is -0.552. The fraction of sp³-hybridized carbons (Fsp3) is 0.167. The summed E-state index contributed by atoms with van der Waals surface area (Å²) < 4.78 is 8.00. The first-order valence-electron chi connectivity index (χ1n) is 8.20. The van der Waals surface area contributed by atoms with Crippen LogP contribution in [-0.2, 0) is 11.3 Å². The first-order chi connectivity index (χ1) is 13.3. The van der Waals surface area contributed by atoms with Crippen molar-refractivity contribution in [2.45, 2.75) is 20.4 Å². The SMILES string of the molecule is Cc1nn(CC(=O)Nc2cc(Oc3cccnc3)cc([N+](=O)[O-])c2)c(C)c1Br. The molecular formula is C18H16BrN5O4. The average molecular weight is 446 g/mol. The van der Waals surface area contributed by atoms with Crippen LogP contribution in [0.25, 0.3) is 0 Å². The number of aryl methyl sites for hydroxylation is 1. The molecule has 0 radical (unpaired) electrons. The third-order valence-electron chi connectivity index (χ3n) is 3.84. The summed E-state index contributed by atoms with van der Waals surface area (Å²) in [5.74, 6) is 0.269. The van der Waals surface area contributed by atoms with Gasteiger partial charge in [0, 0.05) is 18.3 Å². The Labute approximate surface area is 168 Å². The van der Waals surface area contributed by atoms with Crippen molar-refractivity contribution in [3.8, 4) is 11.5 Å². The summed E-state index contributed by atoms with van der Waals surface area (Å²) in [5, 5.41) is 18.2. The molecule has 10 heteroatoms. The Kier molecular flexibility index (Phi) is 5.69. The van der Waals surface area contributed by atoms with Gasteiger partial charge in [0.1, 0.15) is 18.0 Å². The molecule has 0 aliphatic carbocycles. The van der Waals surface area contributed by atoms with Crippen LogP contribution in [0.2, 0.25) is 0 Å². The van der Waals surface area contributed by atoms with Gasteiger partial charge in [-0.2, -0.15) is 5.10 Å². The standard InChI is InChI=1S/C18H16BrN5O4/c1-11-18(19)12(2)23(22-11)10-17(25)21-13-6-14(24(26)27)8-16(7-13)28-15-4-3-5-20-9-15/h3-9H,10H2,1-2H3,(H,21,25). The molecule has 0 aliphatic heterocycles. The highest BCUT2D eigenvalue weighted by atomic mass is 79.9. The predicted molar refractivity (Wildman–Crippen MR) is 105 cm³/mol. The highest BCUT2D eigenvalue weighted by Gasteiger charge is 2.15. The van der Waals surface area contributed by atoms with Gasteiger partial charge >= 0.3 is 0 Å². The Balaban J connectivity index is 1.81. The van der Waals surface area contributed by atoms with Crippen molar-refractivity contribution >= 4 is 33.2 Å².